The highest BCUT2D eigenvalue weighted by Gasteiger charge is 2.26. The lowest BCUT2D eigenvalue weighted by atomic mass is 10.4. The summed E-state index contributed by atoms with van der Waals surface area (Å²) in [4.78, 5) is 9.41. The molecule has 0 spiro atoms. The number of rotatable bonds is 2. The summed E-state index contributed by atoms with van der Waals surface area (Å²) in [6.07, 6.45) is 2.59. The predicted molar refractivity (Wildman–Crippen MR) is 91.9 cm³/mol. The molecule has 0 radical (unpaired) electrons. The Bertz CT molecular complexity index is 379. The SMILES string of the molecule is S=C(SCC1CN=C(N2CCOCC2)S1)N1CCCC1. The zero-order valence-corrected chi connectivity index (χ0v) is 14.1. The zero-order valence-electron chi connectivity index (χ0n) is 11.6. The van der Waals surface area contributed by atoms with Gasteiger partial charge in [0.2, 0.25) is 0 Å². The molecular formula is C13H21N3OS3. The lowest BCUT2D eigenvalue weighted by Crippen LogP contribution is -2.39. The second kappa shape index (κ2) is 7.33. The van der Waals surface area contributed by atoms with Crippen LogP contribution in [0, 0.1) is 0 Å². The largest absolute Gasteiger partial charge is 0.378 e. The molecular weight excluding hydrogens is 310 g/mol. The summed E-state index contributed by atoms with van der Waals surface area (Å²) in [6, 6.07) is 0. The first-order valence-corrected chi connectivity index (χ1v) is 9.56. The molecule has 0 saturated carbocycles. The van der Waals surface area contributed by atoms with Crippen molar-refractivity contribution < 1.29 is 4.74 Å². The van der Waals surface area contributed by atoms with Crippen LogP contribution < -0.4 is 0 Å². The minimum atomic E-state index is 0.582. The van der Waals surface area contributed by atoms with Crippen molar-refractivity contribution in [2.75, 3.05) is 51.7 Å². The van der Waals surface area contributed by atoms with Gasteiger partial charge in [0.25, 0.3) is 0 Å². The molecule has 3 heterocycles. The lowest BCUT2D eigenvalue weighted by Gasteiger charge is -2.28. The van der Waals surface area contributed by atoms with E-state index >= 15 is 0 Å². The fraction of sp³-hybridized carbons (Fsp3) is 0.846. The maximum Gasteiger partial charge on any atom is 0.159 e. The third kappa shape index (κ3) is 3.81. The highest BCUT2D eigenvalue weighted by molar-refractivity contribution is 8.23. The van der Waals surface area contributed by atoms with Gasteiger partial charge in [-0.05, 0) is 12.8 Å². The molecule has 0 aromatic rings. The van der Waals surface area contributed by atoms with E-state index < -0.39 is 0 Å². The molecule has 2 saturated heterocycles. The highest BCUT2D eigenvalue weighted by atomic mass is 32.2. The molecule has 20 heavy (non-hydrogen) atoms. The summed E-state index contributed by atoms with van der Waals surface area (Å²) in [5, 5.41) is 1.80. The summed E-state index contributed by atoms with van der Waals surface area (Å²) in [6.45, 7) is 6.87. The molecule has 3 aliphatic heterocycles. The fourth-order valence-electron chi connectivity index (χ4n) is 2.57. The van der Waals surface area contributed by atoms with Crippen molar-refractivity contribution in [3.63, 3.8) is 0 Å². The van der Waals surface area contributed by atoms with E-state index in [2.05, 4.69) is 9.80 Å². The van der Waals surface area contributed by atoms with E-state index in [-0.39, 0.29) is 0 Å². The molecule has 2 fully saturated rings. The van der Waals surface area contributed by atoms with Gasteiger partial charge >= 0.3 is 0 Å². The van der Waals surface area contributed by atoms with Crippen LogP contribution in [0.3, 0.4) is 0 Å². The Morgan fingerprint density at radius 2 is 2.05 bits per heavy atom. The van der Waals surface area contributed by atoms with Crippen molar-refractivity contribution in [2.24, 2.45) is 4.99 Å². The molecule has 3 rings (SSSR count). The average molecular weight is 332 g/mol. The highest BCUT2D eigenvalue weighted by Crippen LogP contribution is 2.28. The van der Waals surface area contributed by atoms with Crippen LogP contribution in [0.2, 0.25) is 0 Å². The molecule has 0 bridgehead atoms. The number of nitrogens with zero attached hydrogens (tertiary/aromatic N) is 3. The van der Waals surface area contributed by atoms with E-state index in [4.69, 9.17) is 21.9 Å². The molecule has 1 unspecified atom stereocenters. The topological polar surface area (TPSA) is 28.1 Å². The van der Waals surface area contributed by atoms with Gasteiger partial charge in [0.15, 0.2) is 5.17 Å². The monoisotopic (exact) mass is 331 g/mol. The van der Waals surface area contributed by atoms with E-state index in [0.717, 1.165) is 56.0 Å². The van der Waals surface area contributed by atoms with Gasteiger partial charge < -0.3 is 14.5 Å². The van der Waals surface area contributed by atoms with Gasteiger partial charge in [-0.25, -0.2) is 0 Å². The Labute approximate surface area is 134 Å². The van der Waals surface area contributed by atoms with Gasteiger partial charge in [-0.15, -0.1) is 0 Å². The summed E-state index contributed by atoms with van der Waals surface area (Å²) in [7, 11) is 0. The Morgan fingerprint density at radius 1 is 1.30 bits per heavy atom. The van der Waals surface area contributed by atoms with E-state index in [1.54, 1.807) is 0 Å². The molecule has 0 aromatic carbocycles. The third-order valence-corrected chi connectivity index (χ3v) is 6.88. The van der Waals surface area contributed by atoms with Crippen molar-refractivity contribution in [3.05, 3.63) is 0 Å². The van der Waals surface area contributed by atoms with Gasteiger partial charge in [-0.3, -0.25) is 4.99 Å². The Kier molecular flexibility index (Phi) is 5.48. The molecule has 1 atom stereocenters. The second-order valence-electron chi connectivity index (χ2n) is 5.23. The van der Waals surface area contributed by atoms with Crippen LogP contribution in [0.5, 0.6) is 0 Å². The van der Waals surface area contributed by atoms with Gasteiger partial charge in [0.05, 0.1) is 19.8 Å². The normalized spacial score (nSPS) is 27.0. The summed E-state index contributed by atoms with van der Waals surface area (Å²) >= 11 is 9.28. The van der Waals surface area contributed by atoms with Crippen LogP contribution in [-0.4, -0.2) is 76.2 Å². The summed E-state index contributed by atoms with van der Waals surface area (Å²) < 4.78 is 6.48. The number of amidine groups is 1. The molecule has 4 nitrogen and oxygen atoms in total. The number of aliphatic imine (C=N–C) groups is 1. The number of likely N-dealkylation sites (tertiary alicyclic amines) is 1. The van der Waals surface area contributed by atoms with Gasteiger partial charge in [0.1, 0.15) is 4.32 Å². The number of hydrogen-bond donors (Lipinski definition) is 0. The summed E-state index contributed by atoms with van der Waals surface area (Å²) in [5.41, 5.74) is 0. The number of thiocarbonyl (C=S) groups is 1. The van der Waals surface area contributed by atoms with Gasteiger partial charge in [-0.1, -0.05) is 35.7 Å². The van der Waals surface area contributed by atoms with E-state index in [0.29, 0.717) is 5.25 Å². The standard InChI is InChI=1S/C13H21N3OS3/c18-13(16-3-1-2-4-16)19-10-11-9-14-12(20-11)15-5-7-17-8-6-15/h11H,1-10H2. The van der Waals surface area contributed by atoms with Gasteiger partial charge in [-0.2, -0.15) is 0 Å². The molecule has 0 aromatic heterocycles. The third-order valence-electron chi connectivity index (χ3n) is 3.74. The van der Waals surface area contributed by atoms with Crippen molar-refractivity contribution in [2.45, 2.75) is 18.1 Å². The maximum absolute atomic E-state index is 5.52. The first-order valence-electron chi connectivity index (χ1n) is 7.28. The van der Waals surface area contributed by atoms with E-state index in [1.807, 2.05) is 23.5 Å². The average Bonchev–Trinajstić information content (AvgIpc) is 3.17. The van der Waals surface area contributed by atoms with Gasteiger partial charge in [0, 0.05) is 37.2 Å². The summed E-state index contributed by atoms with van der Waals surface area (Å²) in [5.74, 6) is 1.08. The van der Waals surface area contributed by atoms with Crippen molar-refractivity contribution >= 4 is 45.2 Å². The first kappa shape index (κ1) is 14.9. The number of morpholine rings is 1. The van der Waals surface area contributed by atoms with Crippen molar-refractivity contribution in [1.29, 1.82) is 0 Å². The molecule has 0 aliphatic carbocycles. The van der Waals surface area contributed by atoms with E-state index in [1.165, 1.54) is 18.0 Å². The minimum absolute atomic E-state index is 0.582. The molecule has 0 amide bonds. The number of ether oxygens (including phenoxy) is 1. The smallest absolute Gasteiger partial charge is 0.159 e. The quantitative estimate of drug-likeness (QED) is 0.718. The predicted octanol–water partition coefficient (Wildman–Crippen LogP) is 1.90. The molecule has 112 valence electrons. The lowest BCUT2D eigenvalue weighted by molar-refractivity contribution is 0.0693. The van der Waals surface area contributed by atoms with E-state index in [9.17, 15) is 0 Å². The van der Waals surface area contributed by atoms with Crippen LogP contribution in [0.4, 0.5) is 0 Å². The minimum Gasteiger partial charge on any atom is -0.378 e. The molecule has 7 heteroatoms. The Morgan fingerprint density at radius 3 is 2.80 bits per heavy atom. The molecule has 3 aliphatic rings. The van der Waals surface area contributed by atoms with Crippen molar-refractivity contribution in [1.82, 2.24) is 9.80 Å². The molecule has 0 N–H and O–H groups in total. The fourth-order valence-corrected chi connectivity index (χ4v) is 5.16. The Hall–Kier alpha value is 0.0200. The zero-order chi connectivity index (χ0) is 13.8. The van der Waals surface area contributed by atoms with Crippen LogP contribution in [0.1, 0.15) is 12.8 Å². The number of hydrogen-bond acceptors (Lipinski definition) is 6. The van der Waals surface area contributed by atoms with Crippen LogP contribution in [0.25, 0.3) is 0 Å². The van der Waals surface area contributed by atoms with Crippen LogP contribution in [-0.2, 0) is 4.74 Å². The van der Waals surface area contributed by atoms with Crippen LogP contribution in [0.15, 0.2) is 4.99 Å². The number of thioether (sulfide) groups is 2. The Balaban J connectivity index is 1.39. The van der Waals surface area contributed by atoms with Crippen molar-refractivity contribution in [3.8, 4) is 0 Å². The second-order valence-corrected chi connectivity index (χ2v) is 8.15. The maximum atomic E-state index is 5.52. The van der Waals surface area contributed by atoms with Crippen LogP contribution >= 0.6 is 35.7 Å². The first-order chi connectivity index (χ1) is 9.83.